The Bertz CT molecular complexity index is 539. The van der Waals surface area contributed by atoms with Gasteiger partial charge in [-0.05, 0) is 37.1 Å². The molecule has 0 fully saturated rings. The summed E-state index contributed by atoms with van der Waals surface area (Å²) in [5.41, 5.74) is 3.57. The van der Waals surface area contributed by atoms with Crippen LogP contribution in [0.1, 0.15) is 29.7 Å². The number of nitrogens with one attached hydrogen (secondary N) is 2. The number of aliphatic hydroxyl groups excluding tert-OH is 1. The summed E-state index contributed by atoms with van der Waals surface area (Å²) < 4.78 is 0. The topological polar surface area (TPSA) is 44.3 Å². The Hall–Kier alpha value is -1.68. The van der Waals surface area contributed by atoms with Gasteiger partial charge in [-0.2, -0.15) is 0 Å². The Morgan fingerprint density at radius 1 is 0.955 bits per heavy atom. The van der Waals surface area contributed by atoms with Gasteiger partial charge in [-0.3, -0.25) is 0 Å². The zero-order valence-electron chi connectivity index (χ0n) is 13.4. The lowest BCUT2D eigenvalue weighted by Gasteiger charge is -2.17. The average Bonchev–Trinajstić information content (AvgIpc) is 2.55. The molecule has 0 amide bonds. The molecule has 0 spiro atoms. The van der Waals surface area contributed by atoms with E-state index in [1.165, 1.54) is 11.1 Å². The van der Waals surface area contributed by atoms with Gasteiger partial charge in [0, 0.05) is 19.1 Å². The van der Waals surface area contributed by atoms with Gasteiger partial charge in [0.25, 0.3) is 0 Å². The highest BCUT2D eigenvalue weighted by molar-refractivity contribution is 5.23. The lowest BCUT2D eigenvalue weighted by molar-refractivity contribution is 0.170. The molecular formula is C19H26N2O. The Kier molecular flexibility index (Phi) is 6.59. The molecule has 0 aliphatic heterocycles. The largest absolute Gasteiger partial charge is 0.387 e. The summed E-state index contributed by atoms with van der Waals surface area (Å²) in [5.74, 6) is 0. The molecule has 3 heteroatoms. The smallest absolute Gasteiger partial charge is 0.0914 e. The number of rotatable bonds is 8. The van der Waals surface area contributed by atoms with Gasteiger partial charge < -0.3 is 15.7 Å². The van der Waals surface area contributed by atoms with E-state index < -0.39 is 6.10 Å². The first-order chi connectivity index (χ1) is 10.7. The van der Waals surface area contributed by atoms with Crippen LogP contribution in [0.4, 0.5) is 0 Å². The molecule has 3 N–H and O–H groups in total. The van der Waals surface area contributed by atoms with Crippen molar-refractivity contribution in [3.05, 3.63) is 71.3 Å². The summed E-state index contributed by atoms with van der Waals surface area (Å²) in [6.45, 7) is 3.62. The molecule has 0 aliphatic carbocycles. The van der Waals surface area contributed by atoms with E-state index >= 15 is 0 Å². The van der Waals surface area contributed by atoms with Crippen LogP contribution in [0.5, 0.6) is 0 Å². The molecule has 0 heterocycles. The molecule has 0 aliphatic rings. The van der Waals surface area contributed by atoms with E-state index in [0.29, 0.717) is 12.6 Å². The molecule has 2 atom stereocenters. The number of benzene rings is 2. The van der Waals surface area contributed by atoms with Crippen LogP contribution in [-0.4, -0.2) is 24.7 Å². The van der Waals surface area contributed by atoms with Crippen molar-refractivity contribution in [2.45, 2.75) is 32.0 Å². The van der Waals surface area contributed by atoms with Gasteiger partial charge in [0.15, 0.2) is 0 Å². The van der Waals surface area contributed by atoms with E-state index in [2.05, 4.69) is 41.8 Å². The second-order valence-corrected chi connectivity index (χ2v) is 5.79. The van der Waals surface area contributed by atoms with Crippen LogP contribution < -0.4 is 10.6 Å². The molecule has 22 heavy (non-hydrogen) atoms. The minimum atomic E-state index is -0.457. The van der Waals surface area contributed by atoms with Crippen molar-refractivity contribution in [1.29, 1.82) is 0 Å². The summed E-state index contributed by atoms with van der Waals surface area (Å²) in [6.07, 6.45) is 0.503. The Morgan fingerprint density at radius 3 is 2.23 bits per heavy atom. The van der Waals surface area contributed by atoms with Crippen LogP contribution in [0, 0.1) is 0 Å². The molecule has 2 aromatic carbocycles. The van der Waals surface area contributed by atoms with Crippen LogP contribution in [0.15, 0.2) is 54.6 Å². The Morgan fingerprint density at radius 2 is 1.59 bits per heavy atom. The van der Waals surface area contributed by atoms with Gasteiger partial charge in [0.1, 0.15) is 0 Å². The minimum absolute atomic E-state index is 0.327. The molecule has 0 bridgehead atoms. The van der Waals surface area contributed by atoms with Crippen molar-refractivity contribution in [1.82, 2.24) is 10.6 Å². The second-order valence-electron chi connectivity index (χ2n) is 5.79. The summed E-state index contributed by atoms with van der Waals surface area (Å²) in [4.78, 5) is 0. The third-order valence-corrected chi connectivity index (χ3v) is 3.79. The van der Waals surface area contributed by atoms with Gasteiger partial charge in [0.2, 0.25) is 0 Å². The van der Waals surface area contributed by atoms with Crippen LogP contribution in [0.25, 0.3) is 0 Å². The zero-order valence-corrected chi connectivity index (χ0v) is 13.4. The standard InChI is InChI=1S/C19H26N2O/c1-15(12-16-8-10-17(11-9-16)13-20-2)21-14-19(22)18-6-4-3-5-7-18/h3-11,15,19-22H,12-14H2,1-2H3. The fourth-order valence-corrected chi connectivity index (χ4v) is 2.53. The molecule has 0 saturated heterocycles. The van der Waals surface area contributed by atoms with E-state index in [0.717, 1.165) is 18.5 Å². The summed E-state index contributed by atoms with van der Waals surface area (Å²) in [6, 6.07) is 18.8. The van der Waals surface area contributed by atoms with Crippen LogP contribution in [-0.2, 0) is 13.0 Å². The zero-order chi connectivity index (χ0) is 15.8. The molecular weight excluding hydrogens is 272 g/mol. The lowest BCUT2D eigenvalue weighted by atomic mass is 10.0. The van der Waals surface area contributed by atoms with Crippen LogP contribution in [0.2, 0.25) is 0 Å². The van der Waals surface area contributed by atoms with E-state index in [1.54, 1.807) is 0 Å². The Balaban J connectivity index is 1.79. The van der Waals surface area contributed by atoms with Gasteiger partial charge in [-0.1, -0.05) is 54.6 Å². The van der Waals surface area contributed by atoms with Gasteiger partial charge >= 0.3 is 0 Å². The van der Waals surface area contributed by atoms with Crippen molar-refractivity contribution in [2.75, 3.05) is 13.6 Å². The quantitative estimate of drug-likeness (QED) is 0.702. The lowest BCUT2D eigenvalue weighted by Crippen LogP contribution is -2.32. The minimum Gasteiger partial charge on any atom is -0.387 e. The average molecular weight is 298 g/mol. The maximum absolute atomic E-state index is 10.2. The first-order valence-corrected chi connectivity index (χ1v) is 7.88. The summed E-state index contributed by atoms with van der Waals surface area (Å²) >= 11 is 0. The summed E-state index contributed by atoms with van der Waals surface area (Å²) in [7, 11) is 1.96. The normalized spacial score (nSPS) is 13.8. The van der Waals surface area contributed by atoms with Crippen molar-refractivity contribution in [2.24, 2.45) is 0 Å². The highest BCUT2D eigenvalue weighted by atomic mass is 16.3. The third-order valence-electron chi connectivity index (χ3n) is 3.79. The first kappa shape index (κ1) is 16.7. The third kappa shape index (κ3) is 5.26. The highest BCUT2D eigenvalue weighted by Gasteiger charge is 2.09. The van der Waals surface area contributed by atoms with Crippen LogP contribution >= 0.6 is 0 Å². The fourth-order valence-electron chi connectivity index (χ4n) is 2.53. The number of hydrogen-bond donors (Lipinski definition) is 3. The van der Waals surface area contributed by atoms with Crippen molar-refractivity contribution in [3.8, 4) is 0 Å². The van der Waals surface area contributed by atoms with Gasteiger partial charge in [0.05, 0.1) is 6.10 Å². The molecule has 0 aromatic heterocycles. The predicted molar refractivity (Wildman–Crippen MR) is 91.8 cm³/mol. The Labute approximate surface area is 133 Å². The van der Waals surface area contributed by atoms with E-state index in [9.17, 15) is 5.11 Å². The highest BCUT2D eigenvalue weighted by Crippen LogP contribution is 2.12. The van der Waals surface area contributed by atoms with Crippen molar-refractivity contribution in [3.63, 3.8) is 0 Å². The molecule has 2 rings (SSSR count). The van der Waals surface area contributed by atoms with Crippen molar-refractivity contribution < 1.29 is 5.11 Å². The predicted octanol–water partition coefficient (Wildman–Crippen LogP) is 2.66. The first-order valence-electron chi connectivity index (χ1n) is 7.88. The molecule has 2 unspecified atom stereocenters. The van der Waals surface area contributed by atoms with Crippen molar-refractivity contribution >= 4 is 0 Å². The van der Waals surface area contributed by atoms with E-state index in [-0.39, 0.29) is 0 Å². The SMILES string of the molecule is CNCc1ccc(CC(C)NCC(O)c2ccccc2)cc1. The number of aliphatic hydroxyl groups is 1. The number of hydrogen-bond acceptors (Lipinski definition) is 3. The molecule has 3 nitrogen and oxygen atoms in total. The molecule has 2 aromatic rings. The molecule has 0 radical (unpaired) electrons. The van der Waals surface area contributed by atoms with E-state index in [4.69, 9.17) is 0 Å². The van der Waals surface area contributed by atoms with E-state index in [1.807, 2.05) is 37.4 Å². The molecule has 0 saturated carbocycles. The van der Waals surface area contributed by atoms with Gasteiger partial charge in [-0.25, -0.2) is 0 Å². The summed E-state index contributed by atoms with van der Waals surface area (Å²) in [5, 5.41) is 16.7. The van der Waals surface area contributed by atoms with Crippen LogP contribution in [0.3, 0.4) is 0 Å². The fraction of sp³-hybridized carbons (Fsp3) is 0.368. The molecule has 118 valence electrons. The van der Waals surface area contributed by atoms with Gasteiger partial charge in [-0.15, -0.1) is 0 Å². The maximum atomic E-state index is 10.2. The maximum Gasteiger partial charge on any atom is 0.0914 e. The monoisotopic (exact) mass is 298 g/mol. The second kappa shape index (κ2) is 8.69.